The Morgan fingerprint density at radius 1 is 1.35 bits per heavy atom. The molecule has 142 valence electrons. The Balaban J connectivity index is 1.60. The number of aliphatic imine (C=N–C) groups is 1. The van der Waals surface area contributed by atoms with Crippen molar-refractivity contribution in [2.24, 2.45) is 16.6 Å². The zero-order chi connectivity index (χ0) is 18.5. The second-order valence-electron chi connectivity index (χ2n) is 7.51. The van der Waals surface area contributed by atoms with Crippen LogP contribution < -0.4 is 16.0 Å². The van der Waals surface area contributed by atoms with E-state index in [0.717, 1.165) is 51.4 Å². The Kier molecular flexibility index (Phi) is 6.01. The molecule has 1 atom stereocenters. The van der Waals surface area contributed by atoms with E-state index in [4.69, 9.17) is 5.73 Å². The number of anilines is 1. The molecule has 0 bridgehead atoms. The van der Waals surface area contributed by atoms with Crippen LogP contribution in [0.4, 0.5) is 5.69 Å². The summed E-state index contributed by atoms with van der Waals surface area (Å²) >= 11 is 0. The van der Waals surface area contributed by atoms with E-state index >= 15 is 0 Å². The lowest BCUT2D eigenvalue weighted by Gasteiger charge is -2.34. The lowest BCUT2D eigenvalue weighted by molar-refractivity contribution is -0.119. The first-order valence-corrected chi connectivity index (χ1v) is 9.63. The smallest absolute Gasteiger partial charge is 0.217 e. The van der Waals surface area contributed by atoms with Crippen LogP contribution in [0.5, 0.6) is 0 Å². The monoisotopic (exact) mass is 357 g/mol. The molecule has 0 aliphatic carbocycles. The Morgan fingerprint density at radius 3 is 2.96 bits per heavy atom. The number of carbonyl (C=O) groups excluding carboxylic acids is 1. The number of carbonyl (C=O) groups is 1. The summed E-state index contributed by atoms with van der Waals surface area (Å²) in [7, 11) is 3.98. The number of amides is 1. The molecular formula is C20H31N5O. The quantitative estimate of drug-likeness (QED) is 0.636. The highest BCUT2D eigenvalue weighted by atomic mass is 16.1. The summed E-state index contributed by atoms with van der Waals surface area (Å²) in [4.78, 5) is 20.3. The lowest BCUT2D eigenvalue weighted by atomic mass is 9.95. The summed E-state index contributed by atoms with van der Waals surface area (Å²) in [5.41, 5.74) is 9.45. The molecule has 6 nitrogen and oxygen atoms in total. The van der Waals surface area contributed by atoms with Crippen LogP contribution in [-0.4, -0.2) is 50.5 Å². The third-order valence-corrected chi connectivity index (χ3v) is 5.47. The SMILES string of the molecule is CN=C(NCc1ccc2c(c1)CCCN2C)N1CCCC(CC(N)=O)C1. The molecule has 2 aliphatic rings. The second-order valence-corrected chi connectivity index (χ2v) is 7.51. The van der Waals surface area contributed by atoms with Crippen molar-refractivity contribution >= 4 is 17.6 Å². The summed E-state index contributed by atoms with van der Waals surface area (Å²) < 4.78 is 0. The van der Waals surface area contributed by atoms with E-state index in [1.165, 1.54) is 23.2 Å². The topological polar surface area (TPSA) is 74.0 Å². The highest BCUT2D eigenvalue weighted by Crippen LogP contribution is 2.26. The third kappa shape index (κ3) is 4.48. The van der Waals surface area contributed by atoms with Crippen LogP contribution in [0.15, 0.2) is 23.2 Å². The van der Waals surface area contributed by atoms with Gasteiger partial charge in [-0.2, -0.15) is 0 Å². The normalized spacial score (nSPS) is 20.7. The fraction of sp³-hybridized carbons (Fsp3) is 0.600. The standard InChI is InChI=1S/C20H31N5O/c1-22-20(25-10-3-5-16(14-25)12-19(21)26)23-13-15-7-8-18-17(11-15)6-4-9-24(18)2/h7-8,11,16H,3-6,9-10,12-14H2,1-2H3,(H2,21,26)(H,22,23). The number of fused-ring (bicyclic) bond motifs is 1. The summed E-state index contributed by atoms with van der Waals surface area (Å²) in [6.07, 6.45) is 4.98. The number of aryl methyl sites for hydroxylation is 1. The van der Waals surface area contributed by atoms with Gasteiger partial charge in [0.25, 0.3) is 0 Å². The minimum absolute atomic E-state index is 0.209. The van der Waals surface area contributed by atoms with Crippen molar-refractivity contribution in [3.05, 3.63) is 29.3 Å². The molecule has 2 heterocycles. The molecule has 3 N–H and O–H groups in total. The molecule has 2 aliphatic heterocycles. The van der Waals surface area contributed by atoms with Crippen LogP contribution in [-0.2, 0) is 17.8 Å². The Morgan fingerprint density at radius 2 is 2.19 bits per heavy atom. The first-order valence-electron chi connectivity index (χ1n) is 9.63. The number of nitrogens with one attached hydrogen (secondary N) is 1. The summed E-state index contributed by atoms with van der Waals surface area (Å²) in [5, 5.41) is 3.49. The highest BCUT2D eigenvalue weighted by Gasteiger charge is 2.23. The number of guanidine groups is 1. The Bertz CT molecular complexity index is 672. The van der Waals surface area contributed by atoms with E-state index < -0.39 is 0 Å². The molecule has 1 aromatic rings. The van der Waals surface area contributed by atoms with Crippen molar-refractivity contribution in [3.63, 3.8) is 0 Å². The van der Waals surface area contributed by atoms with E-state index in [1.807, 2.05) is 7.05 Å². The summed E-state index contributed by atoms with van der Waals surface area (Å²) in [6, 6.07) is 6.75. The molecule has 0 aromatic heterocycles. The fourth-order valence-electron chi connectivity index (χ4n) is 4.17. The fourth-order valence-corrected chi connectivity index (χ4v) is 4.17. The number of benzene rings is 1. The second kappa shape index (κ2) is 8.43. The van der Waals surface area contributed by atoms with Gasteiger partial charge in [0.1, 0.15) is 0 Å². The van der Waals surface area contributed by atoms with Gasteiger partial charge in [-0.3, -0.25) is 9.79 Å². The van der Waals surface area contributed by atoms with E-state index in [-0.39, 0.29) is 5.91 Å². The number of likely N-dealkylation sites (tertiary alicyclic amines) is 1. The maximum atomic E-state index is 11.2. The first kappa shape index (κ1) is 18.5. The predicted molar refractivity (Wildman–Crippen MR) is 106 cm³/mol. The van der Waals surface area contributed by atoms with Gasteiger partial charge in [0.05, 0.1) is 0 Å². The first-order chi connectivity index (χ1) is 12.6. The van der Waals surface area contributed by atoms with Gasteiger partial charge in [0.15, 0.2) is 5.96 Å². The maximum Gasteiger partial charge on any atom is 0.217 e. The van der Waals surface area contributed by atoms with E-state index in [0.29, 0.717) is 12.3 Å². The van der Waals surface area contributed by atoms with Gasteiger partial charge >= 0.3 is 0 Å². The zero-order valence-electron chi connectivity index (χ0n) is 16.0. The number of primary amides is 1. The van der Waals surface area contributed by atoms with Crippen LogP contribution in [0.2, 0.25) is 0 Å². The molecule has 26 heavy (non-hydrogen) atoms. The average molecular weight is 358 g/mol. The van der Waals surface area contributed by atoms with E-state index in [9.17, 15) is 4.79 Å². The Labute approximate surface area is 156 Å². The largest absolute Gasteiger partial charge is 0.374 e. The molecule has 3 rings (SSSR count). The van der Waals surface area contributed by atoms with Gasteiger partial charge < -0.3 is 20.9 Å². The van der Waals surface area contributed by atoms with Crippen molar-refractivity contribution in [3.8, 4) is 0 Å². The molecule has 6 heteroatoms. The van der Waals surface area contributed by atoms with Crippen LogP contribution in [0, 0.1) is 5.92 Å². The Hall–Kier alpha value is -2.24. The molecule has 1 amide bonds. The summed E-state index contributed by atoms with van der Waals surface area (Å²) in [5.74, 6) is 1.03. The van der Waals surface area contributed by atoms with Gasteiger partial charge in [0.2, 0.25) is 5.91 Å². The molecule has 1 fully saturated rings. The molecule has 1 saturated heterocycles. The number of piperidine rings is 1. The predicted octanol–water partition coefficient (Wildman–Crippen LogP) is 1.73. The maximum absolute atomic E-state index is 11.2. The number of rotatable bonds is 4. The van der Waals surface area contributed by atoms with Crippen molar-refractivity contribution in [2.45, 2.75) is 38.6 Å². The van der Waals surface area contributed by atoms with Gasteiger partial charge in [0, 0.05) is 52.4 Å². The third-order valence-electron chi connectivity index (χ3n) is 5.47. The van der Waals surface area contributed by atoms with Crippen molar-refractivity contribution in [1.82, 2.24) is 10.2 Å². The van der Waals surface area contributed by atoms with Crippen molar-refractivity contribution in [2.75, 3.05) is 38.6 Å². The number of hydrogen-bond acceptors (Lipinski definition) is 3. The molecular weight excluding hydrogens is 326 g/mol. The molecule has 1 aromatic carbocycles. The minimum Gasteiger partial charge on any atom is -0.374 e. The van der Waals surface area contributed by atoms with Crippen LogP contribution in [0.3, 0.4) is 0 Å². The van der Waals surface area contributed by atoms with Crippen molar-refractivity contribution in [1.29, 1.82) is 0 Å². The van der Waals surface area contributed by atoms with Gasteiger partial charge in [-0.25, -0.2) is 0 Å². The number of nitrogens with two attached hydrogens (primary N) is 1. The van der Waals surface area contributed by atoms with Crippen molar-refractivity contribution < 1.29 is 4.79 Å². The summed E-state index contributed by atoms with van der Waals surface area (Å²) in [6.45, 7) is 3.72. The molecule has 0 saturated carbocycles. The lowest BCUT2D eigenvalue weighted by Crippen LogP contribution is -2.46. The average Bonchev–Trinajstić information content (AvgIpc) is 2.62. The molecule has 1 unspecified atom stereocenters. The van der Waals surface area contributed by atoms with E-state index in [1.54, 1.807) is 0 Å². The molecule has 0 spiro atoms. The zero-order valence-corrected chi connectivity index (χ0v) is 16.0. The van der Waals surface area contributed by atoms with E-state index in [2.05, 4.69) is 45.4 Å². The molecule has 0 radical (unpaired) electrons. The van der Waals surface area contributed by atoms with Gasteiger partial charge in [-0.1, -0.05) is 12.1 Å². The highest BCUT2D eigenvalue weighted by molar-refractivity contribution is 5.80. The number of nitrogens with zero attached hydrogens (tertiary/aromatic N) is 3. The van der Waals surface area contributed by atoms with Crippen LogP contribution in [0.25, 0.3) is 0 Å². The van der Waals surface area contributed by atoms with Gasteiger partial charge in [-0.05, 0) is 48.8 Å². The van der Waals surface area contributed by atoms with Crippen LogP contribution in [0.1, 0.15) is 36.8 Å². The number of hydrogen-bond donors (Lipinski definition) is 2. The minimum atomic E-state index is -0.209. The van der Waals surface area contributed by atoms with Crippen LogP contribution >= 0.6 is 0 Å². The van der Waals surface area contributed by atoms with Gasteiger partial charge in [-0.15, -0.1) is 0 Å².